The second-order valence-corrected chi connectivity index (χ2v) is 4.08. The first kappa shape index (κ1) is 16.3. The third kappa shape index (κ3) is 5.07. The molecule has 0 heterocycles. The van der Waals surface area contributed by atoms with Crippen molar-refractivity contribution >= 4 is 5.91 Å². The van der Waals surface area contributed by atoms with Crippen molar-refractivity contribution in [3.05, 3.63) is 23.8 Å². The Kier molecular flexibility index (Phi) is 7.46. The maximum atomic E-state index is 11.9. The lowest BCUT2D eigenvalue weighted by Crippen LogP contribution is -2.25. The van der Waals surface area contributed by atoms with Gasteiger partial charge in [0.2, 0.25) is 0 Å². The van der Waals surface area contributed by atoms with E-state index in [9.17, 15) is 4.79 Å². The van der Waals surface area contributed by atoms with Crippen molar-refractivity contribution in [2.45, 2.75) is 6.42 Å². The summed E-state index contributed by atoms with van der Waals surface area (Å²) >= 11 is 0. The molecule has 112 valence electrons. The molecule has 1 aromatic rings. The van der Waals surface area contributed by atoms with E-state index in [0.29, 0.717) is 43.4 Å². The van der Waals surface area contributed by atoms with Crippen LogP contribution in [0.2, 0.25) is 0 Å². The van der Waals surface area contributed by atoms with Gasteiger partial charge < -0.3 is 25.3 Å². The van der Waals surface area contributed by atoms with Crippen LogP contribution >= 0.6 is 0 Å². The molecule has 0 atom stereocenters. The fourth-order valence-electron chi connectivity index (χ4n) is 1.64. The van der Waals surface area contributed by atoms with Gasteiger partial charge in [-0.25, -0.2) is 0 Å². The lowest BCUT2D eigenvalue weighted by Gasteiger charge is -2.10. The molecule has 1 amide bonds. The van der Waals surface area contributed by atoms with Crippen LogP contribution in [0.4, 0.5) is 0 Å². The van der Waals surface area contributed by atoms with Crippen LogP contribution in [-0.2, 0) is 4.74 Å². The molecule has 0 unspecified atom stereocenters. The van der Waals surface area contributed by atoms with E-state index in [1.54, 1.807) is 25.3 Å². The minimum atomic E-state index is -0.148. The largest absolute Gasteiger partial charge is 0.493 e. The van der Waals surface area contributed by atoms with Crippen LogP contribution in [-0.4, -0.2) is 46.4 Å². The lowest BCUT2D eigenvalue weighted by molar-refractivity contribution is 0.0942. The van der Waals surface area contributed by atoms with E-state index in [1.165, 1.54) is 7.11 Å². The average molecular weight is 282 g/mol. The molecule has 3 N–H and O–H groups in total. The van der Waals surface area contributed by atoms with Gasteiger partial charge in [0.1, 0.15) is 0 Å². The summed E-state index contributed by atoms with van der Waals surface area (Å²) in [6.07, 6.45) is 0.749. The molecular formula is C14H22N2O4. The number of rotatable bonds is 9. The van der Waals surface area contributed by atoms with Crippen LogP contribution in [0.1, 0.15) is 16.8 Å². The average Bonchev–Trinajstić information content (AvgIpc) is 2.49. The van der Waals surface area contributed by atoms with E-state index in [1.807, 2.05) is 0 Å². The number of carbonyl (C=O) groups is 1. The van der Waals surface area contributed by atoms with Crippen LogP contribution in [0.3, 0.4) is 0 Å². The Morgan fingerprint density at radius 2 is 1.95 bits per heavy atom. The van der Waals surface area contributed by atoms with E-state index in [2.05, 4.69) is 5.32 Å². The van der Waals surface area contributed by atoms with Gasteiger partial charge in [-0.1, -0.05) is 0 Å². The first-order chi connectivity index (χ1) is 9.72. The minimum Gasteiger partial charge on any atom is -0.493 e. The molecule has 0 aromatic heterocycles. The molecule has 1 rings (SSSR count). The van der Waals surface area contributed by atoms with Gasteiger partial charge in [0.15, 0.2) is 11.5 Å². The predicted molar refractivity (Wildman–Crippen MR) is 76.4 cm³/mol. The highest BCUT2D eigenvalue weighted by molar-refractivity contribution is 5.94. The Bertz CT molecular complexity index is 424. The molecule has 0 fully saturated rings. The standard InChI is InChI=1S/C14H22N2O4/c1-18-12-5-4-11(10-13(12)19-2)14(17)16-7-3-8-20-9-6-15/h4-5,10H,3,6-9,15H2,1-2H3,(H,16,17). The Hall–Kier alpha value is -1.79. The Balaban J connectivity index is 2.43. The van der Waals surface area contributed by atoms with E-state index in [0.717, 1.165) is 6.42 Å². The number of amides is 1. The number of hydrogen-bond acceptors (Lipinski definition) is 5. The highest BCUT2D eigenvalue weighted by Crippen LogP contribution is 2.27. The van der Waals surface area contributed by atoms with Gasteiger partial charge in [0.25, 0.3) is 5.91 Å². The Morgan fingerprint density at radius 3 is 2.60 bits per heavy atom. The third-order valence-corrected chi connectivity index (χ3v) is 2.66. The second-order valence-electron chi connectivity index (χ2n) is 4.08. The molecule has 6 heteroatoms. The maximum Gasteiger partial charge on any atom is 0.251 e. The molecule has 0 saturated carbocycles. The van der Waals surface area contributed by atoms with E-state index in [-0.39, 0.29) is 5.91 Å². The summed E-state index contributed by atoms with van der Waals surface area (Å²) in [5.41, 5.74) is 5.83. The third-order valence-electron chi connectivity index (χ3n) is 2.66. The van der Waals surface area contributed by atoms with Gasteiger partial charge in [-0.15, -0.1) is 0 Å². The molecule has 0 spiro atoms. The smallest absolute Gasteiger partial charge is 0.251 e. The van der Waals surface area contributed by atoms with Crippen LogP contribution < -0.4 is 20.5 Å². The molecule has 0 radical (unpaired) electrons. The number of benzene rings is 1. The van der Waals surface area contributed by atoms with Crippen LogP contribution in [0, 0.1) is 0 Å². The van der Waals surface area contributed by atoms with E-state index < -0.39 is 0 Å². The molecule has 1 aromatic carbocycles. The first-order valence-corrected chi connectivity index (χ1v) is 6.51. The molecule has 20 heavy (non-hydrogen) atoms. The van der Waals surface area contributed by atoms with Crippen molar-refractivity contribution in [1.29, 1.82) is 0 Å². The maximum absolute atomic E-state index is 11.9. The fourth-order valence-corrected chi connectivity index (χ4v) is 1.64. The summed E-state index contributed by atoms with van der Waals surface area (Å²) in [6, 6.07) is 5.05. The second kappa shape index (κ2) is 9.17. The number of nitrogens with one attached hydrogen (secondary N) is 1. The quantitative estimate of drug-likeness (QED) is 0.655. The van der Waals surface area contributed by atoms with Crippen LogP contribution in [0.5, 0.6) is 11.5 Å². The van der Waals surface area contributed by atoms with E-state index in [4.69, 9.17) is 19.9 Å². The monoisotopic (exact) mass is 282 g/mol. The fraction of sp³-hybridized carbons (Fsp3) is 0.500. The highest BCUT2D eigenvalue weighted by atomic mass is 16.5. The predicted octanol–water partition coefficient (Wildman–Crippen LogP) is 0.799. The van der Waals surface area contributed by atoms with Crippen LogP contribution in [0.15, 0.2) is 18.2 Å². The zero-order valence-corrected chi connectivity index (χ0v) is 12.0. The molecular weight excluding hydrogens is 260 g/mol. The molecule has 0 aliphatic heterocycles. The van der Waals surface area contributed by atoms with Gasteiger partial charge in [-0.05, 0) is 24.6 Å². The van der Waals surface area contributed by atoms with Gasteiger partial charge in [0, 0.05) is 25.3 Å². The summed E-state index contributed by atoms with van der Waals surface area (Å²) in [5, 5.41) is 2.82. The van der Waals surface area contributed by atoms with Crippen molar-refractivity contribution in [2.24, 2.45) is 5.73 Å². The zero-order chi connectivity index (χ0) is 14.8. The van der Waals surface area contributed by atoms with Gasteiger partial charge in [-0.2, -0.15) is 0 Å². The summed E-state index contributed by atoms with van der Waals surface area (Å²) in [7, 11) is 3.09. The van der Waals surface area contributed by atoms with Crippen molar-refractivity contribution in [3.8, 4) is 11.5 Å². The van der Waals surface area contributed by atoms with Gasteiger partial charge in [0.05, 0.1) is 20.8 Å². The van der Waals surface area contributed by atoms with Crippen molar-refractivity contribution in [3.63, 3.8) is 0 Å². The Morgan fingerprint density at radius 1 is 1.20 bits per heavy atom. The number of nitrogens with two attached hydrogens (primary N) is 1. The normalized spacial score (nSPS) is 10.2. The number of hydrogen-bond donors (Lipinski definition) is 2. The SMILES string of the molecule is COc1ccc(C(=O)NCCCOCCN)cc1OC. The van der Waals surface area contributed by atoms with E-state index >= 15 is 0 Å². The molecule has 0 aliphatic rings. The highest BCUT2D eigenvalue weighted by Gasteiger charge is 2.09. The van der Waals surface area contributed by atoms with Crippen molar-refractivity contribution < 1.29 is 19.0 Å². The zero-order valence-electron chi connectivity index (χ0n) is 12.0. The molecule has 6 nitrogen and oxygen atoms in total. The Labute approximate surface area is 119 Å². The molecule has 0 saturated heterocycles. The van der Waals surface area contributed by atoms with Gasteiger partial charge in [-0.3, -0.25) is 4.79 Å². The summed E-state index contributed by atoms with van der Waals surface area (Å²) in [5.74, 6) is 0.982. The van der Waals surface area contributed by atoms with Gasteiger partial charge >= 0.3 is 0 Å². The molecule has 0 aliphatic carbocycles. The number of carbonyl (C=O) groups excluding carboxylic acids is 1. The minimum absolute atomic E-state index is 0.148. The molecule has 0 bridgehead atoms. The summed E-state index contributed by atoms with van der Waals surface area (Å²) < 4.78 is 15.5. The summed E-state index contributed by atoms with van der Waals surface area (Å²) in [4.78, 5) is 11.9. The first-order valence-electron chi connectivity index (χ1n) is 6.51. The van der Waals surface area contributed by atoms with Crippen molar-refractivity contribution in [2.75, 3.05) is 40.5 Å². The number of ether oxygens (including phenoxy) is 3. The summed E-state index contributed by atoms with van der Waals surface area (Å²) in [6.45, 7) is 2.20. The topological polar surface area (TPSA) is 82.8 Å². The van der Waals surface area contributed by atoms with Crippen molar-refractivity contribution in [1.82, 2.24) is 5.32 Å². The van der Waals surface area contributed by atoms with Crippen LogP contribution in [0.25, 0.3) is 0 Å². The number of methoxy groups -OCH3 is 2. The lowest BCUT2D eigenvalue weighted by atomic mass is 10.2.